The first-order valence-corrected chi connectivity index (χ1v) is 15.6. The summed E-state index contributed by atoms with van der Waals surface area (Å²) in [6, 6.07) is 22.3. The highest BCUT2D eigenvalue weighted by molar-refractivity contribution is 7.72. The Morgan fingerprint density at radius 2 is 1.32 bits per heavy atom. The molecular formula is C33H41N2O5P. The molecule has 1 unspecified atom stereocenters. The highest BCUT2D eigenvalue weighted by Crippen LogP contribution is 2.57. The molecule has 0 heterocycles. The van der Waals surface area contributed by atoms with Gasteiger partial charge in [0, 0.05) is 0 Å². The summed E-state index contributed by atoms with van der Waals surface area (Å²) in [5, 5.41) is 2.98. The molecule has 0 aromatic heterocycles. The molecule has 0 bridgehead atoms. The first kappa shape index (κ1) is 30.7. The van der Waals surface area contributed by atoms with E-state index in [1.54, 1.807) is 48.5 Å². The Morgan fingerprint density at radius 1 is 0.829 bits per heavy atom. The van der Waals surface area contributed by atoms with Crippen LogP contribution in [0.4, 0.5) is 4.79 Å². The summed E-state index contributed by atoms with van der Waals surface area (Å²) in [6.07, 6.45) is -1.54. The molecule has 3 aromatic carbocycles. The fourth-order valence-corrected chi connectivity index (χ4v) is 7.16. The lowest BCUT2D eigenvalue weighted by Gasteiger charge is -2.31. The van der Waals surface area contributed by atoms with Crippen LogP contribution in [0.25, 0.3) is 11.1 Å². The largest absolute Gasteiger partial charge is 0.444 e. The second-order valence-corrected chi connectivity index (χ2v) is 13.7. The van der Waals surface area contributed by atoms with Gasteiger partial charge in [-0.2, -0.15) is 0 Å². The van der Waals surface area contributed by atoms with E-state index in [1.165, 1.54) is 0 Å². The average Bonchev–Trinajstić information content (AvgIpc) is 3.18. The zero-order valence-electron chi connectivity index (χ0n) is 25.2. The van der Waals surface area contributed by atoms with E-state index in [1.807, 2.05) is 67.6 Å². The molecule has 0 spiro atoms. The maximum absolute atomic E-state index is 15.0. The van der Waals surface area contributed by atoms with Crippen LogP contribution >= 0.6 is 7.60 Å². The van der Waals surface area contributed by atoms with Gasteiger partial charge in [-0.05, 0) is 88.8 Å². The van der Waals surface area contributed by atoms with Crippen LogP contribution in [0.5, 0.6) is 0 Å². The second kappa shape index (κ2) is 12.3. The molecule has 0 saturated carbocycles. The van der Waals surface area contributed by atoms with E-state index >= 15 is 0 Å². The van der Waals surface area contributed by atoms with Crippen molar-refractivity contribution in [2.45, 2.75) is 85.3 Å². The Labute approximate surface area is 243 Å². The van der Waals surface area contributed by atoms with Gasteiger partial charge in [0.2, 0.25) is 0 Å². The zero-order valence-corrected chi connectivity index (χ0v) is 26.1. The Balaban J connectivity index is 2.00. The summed E-state index contributed by atoms with van der Waals surface area (Å²) in [5.74, 6) is 0. The summed E-state index contributed by atoms with van der Waals surface area (Å²) < 4.78 is 32.9. The summed E-state index contributed by atoms with van der Waals surface area (Å²) in [4.78, 5) is 18.5. The lowest BCUT2D eigenvalue weighted by Crippen LogP contribution is -2.39. The van der Waals surface area contributed by atoms with Gasteiger partial charge in [-0.3, -0.25) is 9.56 Å². The molecule has 0 radical (unpaired) electrons. The first-order valence-electron chi connectivity index (χ1n) is 14.1. The molecule has 0 saturated heterocycles. The first-order chi connectivity index (χ1) is 19.3. The summed E-state index contributed by atoms with van der Waals surface area (Å²) in [6.45, 7) is 14.5. The van der Waals surface area contributed by atoms with Crippen molar-refractivity contribution in [1.82, 2.24) is 5.32 Å². The Bertz CT molecular complexity index is 1410. The number of carbonyl (C=O) groups is 1. The molecule has 1 aliphatic rings. The fraction of sp³-hybridized carbons (Fsp3) is 0.394. The third-order valence-electron chi connectivity index (χ3n) is 6.46. The van der Waals surface area contributed by atoms with Crippen molar-refractivity contribution in [3.8, 4) is 11.1 Å². The van der Waals surface area contributed by atoms with Crippen LogP contribution in [0.15, 0.2) is 77.8 Å². The minimum atomic E-state index is -4.09. The van der Waals surface area contributed by atoms with Crippen LogP contribution in [0.2, 0.25) is 0 Å². The van der Waals surface area contributed by atoms with Gasteiger partial charge in [-0.25, -0.2) is 4.79 Å². The molecule has 7 nitrogen and oxygen atoms in total. The number of ether oxygens (including phenoxy) is 1. The van der Waals surface area contributed by atoms with Crippen molar-refractivity contribution in [2.24, 2.45) is 4.99 Å². The number of fused-ring (bicyclic) bond motifs is 3. The molecule has 1 amide bonds. The molecule has 0 aliphatic heterocycles. The predicted octanol–water partition coefficient (Wildman–Crippen LogP) is 8.77. The van der Waals surface area contributed by atoms with Crippen molar-refractivity contribution >= 4 is 19.1 Å². The third-order valence-corrected chi connectivity index (χ3v) is 8.79. The maximum Gasteiger partial charge on any atom is 0.408 e. The SMILES string of the molecule is Cc1ccccc1C(NC(=O)OC(C)(C)C)C(=NC1c2ccccc2-c2ccccc21)P(=O)(OC(C)C)OC(C)C. The van der Waals surface area contributed by atoms with E-state index in [0.717, 1.165) is 33.4 Å². The molecule has 1 N–H and O–H groups in total. The van der Waals surface area contributed by atoms with Gasteiger partial charge in [0.15, 0.2) is 5.45 Å². The zero-order chi connectivity index (χ0) is 29.9. The molecule has 4 rings (SSSR count). The smallest absolute Gasteiger partial charge is 0.408 e. The minimum absolute atomic E-state index is 0.122. The predicted molar refractivity (Wildman–Crippen MR) is 164 cm³/mol. The van der Waals surface area contributed by atoms with Gasteiger partial charge >= 0.3 is 13.7 Å². The van der Waals surface area contributed by atoms with Gasteiger partial charge in [0.1, 0.15) is 17.7 Å². The van der Waals surface area contributed by atoms with Crippen LogP contribution in [0.1, 0.15) is 82.8 Å². The number of rotatable bonds is 9. The Kier molecular flexibility index (Phi) is 9.22. The molecule has 1 aliphatic carbocycles. The highest BCUT2D eigenvalue weighted by Gasteiger charge is 2.43. The second-order valence-electron chi connectivity index (χ2n) is 11.8. The summed E-state index contributed by atoms with van der Waals surface area (Å²) in [5.41, 5.74) is 5.07. The summed E-state index contributed by atoms with van der Waals surface area (Å²) in [7, 11) is -4.09. The van der Waals surface area contributed by atoms with E-state index in [-0.39, 0.29) is 5.45 Å². The quantitative estimate of drug-likeness (QED) is 0.203. The number of aliphatic imine (C=N–C) groups is 1. The molecule has 8 heteroatoms. The monoisotopic (exact) mass is 576 g/mol. The van der Waals surface area contributed by atoms with E-state index in [4.69, 9.17) is 18.8 Å². The van der Waals surface area contributed by atoms with E-state index in [0.29, 0.717) is 0 Å². The standard InChI is InChI=1S/C33H41N2O5P/c1-21(2)39-41(37,40-22(3)4)31(30(24-16-10-9-15-23(24)5)35-32(36)38-33(6,7)8)34-29-27-19-13-11-17-25(27)26-18-12-14-20-28(26)29/h9-22,29-30H,1-8H3,(H,35,36). The average molecular weight is 577 g/mol. The number of nitrogens with zero attached hydrogens (tertiary/aromatic N) is 1. The molecule has 41 heavy (non-hydrogen) atoms. The molecule has 0 fully saturated rings. The lowest BCUT2D eigenvalue weighted by molar-refractivity contribution is 0.0517. The number of alkyl carbamates (subject to hydrolysis) is 1. The molecular weight excluding hydrogens is 535 g/mol. The van der Waals surface area contributed by atoms with Gasteiger partial charge in [-0.1, -0.05) is 72.8 Å². The van der Waals surface area contributed by atoms with Gasteiger partial charge in [-0.15, -0.1) is 0 Å². The van der Waals surface area contributed by atoms with Crippen molar-refractivity contribution in [3.05, 3.63) is 95.1 Å². The number of hydrogen-bond donors (Lipinski definition) is 1. The number of amides is 1. The topological polar surface area (TPSA) is 86.2 Å². The van der Waals surface area contributed by atoms with Crippen molar-refractivity contribution in [1.29, 1.82) is 0 Å². The Morgan fingerprint density at radius 3 is 1.80 bits per heavy atom. The maximum atomic E-state index is 15.0. The number of carbonyl (C=O) groups excluding carboxylic acids is 1. The van der Waals surface area contributed by atoms with Crippen LogP contribution < -0.4 is 5.32 Å². The Hall–Kier alpha value is -3.25. The molecule has 218 valence electrons. The van der Waals surface area contributed by atoms with Crippen molar-refractivity contribution in [2.75, 3.05) is 0 Å². The summed E-state index contributed by atoms with van der Waals surface area (Å²) >= 11 is 0. The van der Waals surface area contributed by atoms with Crippen molar-refractivity contribution in [3.63, 3.8) is 0 Å². The van der Waals surface area contributed by atoms with Crippen LogP contribution in [0, 0.1) is 6.92 Å². The third kappa shape index (κ3) is 7.16. The number of hydrogen-bond acceptors (Lipinski definition) is 6. The molecule has 3 aromatic rings. The van der Waals surface area contributed by atoms with Crippen LogP contribution in [0.3, 0.4) is 0 Å². The van der Waals surface area contributed by atoms with Crippen molar-refractivity contribution < 1.29 is 23.1 Å². The highest BCUT2D eigenvalue weighted by atomic mass is 31.2. The van der Waals surface area contributed by atoms with E-state index < -0.39 is 43.6 Å². The van der Waals surface area contributed by atoms with Crippen LogP contribution in [-0.4, -0.2) is 29.4 Å². The van der Waals surface area contributed by atoms with Gasteiger partial charge < -0.3 is 19.1 Å². The molecule has 1 atom stereocenters. The lowest BCUT2D eigenvalue weighted by atomic mass is 10.0. The number of aryl methyl sites for hydroxylation is 1. The number of nitrogens with one attached hydrogen (secondary N) is 1. The van der Waals surface area contributed by atoms with Crippen LogP contribution in [-0.2, 0) is 18.3 Å². The number of benzene rings is 3. The van der Waals surface area contributed by atoms with Gasteiger partial charge in [0.05, 0.1) is 12.2 Å². The normalized spacial score (nSPS) is 14.6. The van der Waals surface area contributed by atoms with E-state index in [9.17, 15) is 9.36 Å². The van der Waals surface area contributed by atoms with E-state index in [2.05, 4.69) is 17.4 Å². The minimum Gasteiger partial charge on any atom is -0.444 e. The fourth-order valence-electron chi connectivity index (χ4n) is 5.01. The van der Waals surface area contributed by atoms with Gasteiger partial charge in [0.25, 0.3) is 0 Å².